The van der Waals surface area contributed by atoms with Crippen LogP contribution in [0.25, 0.3) is 0 Å². The van der Waals surface area contributed by atoms with Crippen LogP contribution in [0.15, 0.2) is 28.6 Å². The lowest BCUT2D eigenvalue weighted by atomic mass is 10.2. The molecule has 1 aromatic carbocycles. The largest absolute Gasteiger partial charge is 0.279 e. The zero-order valence-corrected chi connectivity index (χ0v) is 12.4. The van der Waals surface area contributed by atoms with Crippen LogP contribution in [0, 0.1) is 17.0 Å². The van der Waals surface area contributed by atoms with Gasteiger partial charge in [-0.05, 0) is 13.0 Å². The molecule has 0 aliphatic carbocycles. The third-order valence-corrected chi connectivity index (χ3v) is 5.34. The van der Waals surface area contributed by atoms with E-state index in [1.165, 1.54) is 12.1 Å². The Morgan fingerprint density at radius 1 is 1.45 bits per heavy atom. The number of nitrogens with zero attached hydrogens (tertiary/aromatic N) is 2. The molecule has 0 aliphatic heterocycles. The van der Waals surface area contributed by atoms with E-state index < -0.39 is 14.9 Å². The van der Waals surface area contributed by atoms with Crippen LogP contribution >= 0.6 is 22.9 Å². The highest BCUT2D eigenvalue weighted by molar-refractivity contribution is 7.94. The number of nitro groups is 1. The van der Waals surface area contributed by atoms with E-state index >= 15 is 0 Å². The summed E-state index contributed by atoms with van der Waals surface area (Å²) in [4.78, 5) is 13.9. The van der Waals surface area contributed by atoms with E-state index in [1.807, 2.05) is 0 Å². The van der Waals surface area contributed by atoms with E-state index in [0.717, 1.165) is 23.6 Å². The quantitative estimate of drug-likeness (QED) is 0.684. The van der Waals surface area contributed by atoms with E-state index in [-0.39, 0.29) is 20.1 Å². The maximum atomic E-state index is 12.0. The van der Waals surface area contributed by atoms with Gasteiger partial charge in [0.2, 0.25) is 0 Å². The van der Waals surface area contributed by atoms with Crippen LogP contribution in [-0.2, 0) is 10.0 Å². The molecule has 1 heterocycles. The van der Waals surface area contributed by atoms with Gasteiger partial charge in [-0.3, -0.25) is 14.8 Å². The average molecular weight is 334 g/mol. The van der Waals surface area contributed by atoms with Gasteiger partial charge in [0, 0.05) is 11.6 Å². The third kappa shape index (κ3) is 3.06. The van der Waals surface area contributed by atoms with Crippen molar-refractivity contribution in [2.45, 2.75) is 11.1 Å². The van der Waals surface area contributed by atoms with Gasteiger partial charge in [-0.25, -0.2) is 13.4 Å². The predicted octanol–water partition coefficient (Wildman–Crippen LogP) is 2.81. The summed E-state index contributed by atoms with van der Waals surface area (Å²) in [5.74, 6) is 0. The molecule has 0 saturated heterocycles. The second-order valence-corrected chi connectivity index (χ2v) is 7.32. The van der Waals surface area contributed by atoms with Crippen LogP contribution in [-0.4, -0.2) is 18.3 Å². The minimum Gasteiger partial charge on any atom is -0.279 e. The molecule has 0 amide bonds. The Hall–Kier alpha value is -1.71. The van der Waals surface area contributed by atoms with Gasteiger partial charge in [-0.2, -0.15) is 0 Å². The Morgan fingerprint density at radius 2 is 2.15 bits per heavy atom. The number of nitro benzene ring substituents is 1. The fraction of sp³-hybridized carbons (Fsp3) is 0.100. The van der Waals surface area contributed by atoms with Gasteiger partial charge in [0.1, 0.15) is 0 Å². The minimum absolute atomic E-state index is 0.0641. The molecule has 0 radical (unpaired) electrons. The van der Waals surface area contributed by atoms with Crippen LogP contribution < -0.4 is 4.72 Å². The summed E-state index contributed by atoms with van der Waals surface area (Å²) in [6.07, 6.45) is 1.12. The van der Waals surface area contributed by atoms with Gasteiger partial charge in [-0.1, -0.05) is 29.0 Å². The third-order valence-electron chi connectivity index (χ3n) is 2.38. The fourth-order valence-corrected chi connectivity index (χ4v) is 3.78. The Bertz CT molecular complexity index is 773. The molecule has 0 fully saturated rings. The molecule has 0 unspecified atom stereocenters. The SMILES string of the molecule is Cc1ccc(NS(=O)(=O)c2cnc(Cl)s2)cc1[N+](=O)[O-]. The Morgan fingerprint density at radius 3 is 2.70 bits per heavy atom. The summed E-state index contributed by atoms with van der Waals surface area (Å²) in [5.41, 5.74) is 0.387. The molecule has 20 heavy (non-hydrogen) atoms. The number of halogens is 1. The highest BCUT2D eigenvalue weighted by atomic mass is 35.5. The molecule has 2 rings (SSSR count). The Labute approximate surface area is 123 Å². The number of hydrogen-bond acceptors (Lipinski definition) is 6. The lowest BCUT2D eigenvalue weighted by molar-refractivity contribution is -0.385. The number of anilines is 1. The second-order valence-electron chi connectivity index (χ2n) is 3.80. The van der Waals surface area contributed by atoms with E-state index in [1.54, 1.807) is 6.92 Å². The number of benzene rings is 1. The van der Waals surface area contributed by atoms with E-state index in [0.29, 0.717) is 5.56 Å². The van der Waals surface area contributed by atoms with Gasteiger partial charge in [0.05, 0.1) is 16.8 Å². The topological polar surface area (TPSA) is 102 Å². The molecule has 0 atom stereocenters. The van der Waals surface area contributed by atoms with Crippen LogP contribution in [0.1, 0.15) is 5.56 Å². The molecular formula is C10H8ClN3O4S2. The zero-order chi connectivity index (χ0) is 14.9. The second kappa shape index (κ2) is 5.35. The zero-order valence-electron chi connectivity index (χ0n) is 10.0. The van der Waals surface area contributed by atoms with Crippen molar-refractivity contribution < 1.29 is 13.3 Å². The first-order valence-corrected chi connectivity index (χ1v) is 7.86. The first kappa shape index (κ1) is 14.7. The lowest BCUT2D eigenvalue weighted by Gasteiger charge is -2.06. The summed E-state index contributed by atoms with van der Waals surface area (Å²) < 4.78 is 26.3. The van der Waals surface area contributed by atoms with E-state index in [4.69, 9.17) is 11.6 Å². The fourth-order valence-electron chi connectivity index (χ4n) is 1.44. The highest BCUT2D eigenvalue weighted by Crippen LogP contribution is 2.27. The summed E-state index contributed by atoms with van der Waals surface area (Å²) in [6.45, 7) is 1.57. The van der Waals surface area contributed by atoms with Crippen LogP contribution in [0.2, 0.25) is 4.47 Å². The van der Waals surface area contributed by atoms with Gasteiger partial charge < -0.3 is 0 Å². The Kier molecular flexibility index (Phi) is 3.93. The minimum atomic E-state index is -3.85. The van der Waals surface area contributed by atoms with E-state index in [9.17, 15) is 18.5 Å². The maximum Gasteiger partial charge on any atom is 0.274 e. The van der Waals surface area contributed by atoms with Crippen molar-refractivity contribution in [1.29, 1.82) is 0 Å². The number of thiazole rings is 1. The number of aryl methyl sites for hydroxylation is 1. The first-order chi connectivity index (χ1) is 9.29. The van der Waals surface area contributed by atoms with Crippen LogP contribution in [0.5, 0.6) is 0 Å². The van der Waals surface area contributed by atoms with Crippen LogP contribution in [0.3, 0.4) is 0 Å². The van der Waals surface area contributed by atoms with Gasteiger partial charge in [0.15, 0.2) is 8.68 Å². The Balaban J connectivity index is 2.35. The summed E-state index contributed by atoms with van der Waals surface area (Å²) in [7, 11) is -3.85. The molecule has 0 aliphatic rings. The van der Waals surface area contributed by atoms with Crippen molar-refractivity contribution in [2.24, 2.45) is 0 Å². The monoisotopic (exact) mass is 333 g/mol. The molecule has 10 heteroatoms. The highest BCUT2D eigenvalue weighted by Gasteiger charge is 2.19. The summed E-state index contributed by atoms with van der Waals surface area (Å²) in [6, 6.07) is 4.08. The van der Waals surface area contributed by atoms with Gasteiger partial charge in [-0.15, -0.1) is 0 Å². The molecule has 0 bridgehead atoms. The van der Waals surface area contributed by atoms with Crippen molar-refractivity contribution >= 4 is 44.3 Å². The molecule has 1 N–H and O–H groups in total. The predicted molar refractivity (Wildman–Crippen MR) is 75.8 cm³/mol. The summed E-state index contributed by atoms with van der Waals surface area (Å²) in [5, 5.41) is 10.8. The number of nitrogens with one attached hydrogen (secondary N) is 1. The number of hydrogen-bond donors (Lipinski definition) is 1. The van der Waals surface area contributed by atoms with Gasteiger partial charge >= 0.3 is 0 Å². The van der Waals surface area contributed by atoms with E-state index in [2.05, 4.69) is 9.71 Å². The van der Waals surface area contributed by atoms with Crippen molar-refractivity contribution in [3.05, 3.63) is 44.5 Å². The van der Waals surface area contributed by atoms with Crippen LogP contribution in [0.4, 0.5) is 11.4 Å². The normalized spacial score (nSPS) is 11.3. The average Bonchev–Trinajstić information content (AvgIpc) is 2.78. The molecule has 0 saturated carbocycles. The smallest absolute Gasteiger partial charge is 0.274 e. The molecule has 106 valence electrons. The lowest BCUT2D eigenvalue weighted by Crippen LogP contribution is -2.11. The van der Waals surface area contributed by atoms with Crippen molar-refractivity contribution in [3.63, 3.8) is 0 Å². The van der Waals surface area contributed by atoms with Crippen molar-refractivity contribution in [2.75, 3.05) is 4.72 Å². The summed E-state index contributed by atoms with van der Waals surface area (Å²) >= 11 is 6.38. The number of aromatic nitrogens is 1. The standard InChI is InChI=1S/C10H8ClN3O4S2/c1-6-2-3-7(4-8(6)14(15)16)13-20(17,18)9-5-12-10(11)19-9/h2-5,13H,1H3. The maximum absolute atomic E-state index is 12.0. The van der Waals surface area contributed by atoms with Gasteiger partial charge in [0.25, 0.3) is 15.7 Å². The number of sulfonamides is 1. The van der Waals surface area contributed by atoms with Crippen molar-refractivity contribution in [1.82, 2.24) is 4.98 Å². The molecule has 0 spiro atoms. The first-order valence-electron chi connectivity index (χ1n) is 5.19. The molecule has 1 aromatic heterocycles. The van der Waals surface area contributed by atoms with Crippen molar-refractivity contribution in [3.8, 4) is 0 Å². The molecule has 2 aromatic rings. The molecule has 7 nitrogen and oxygen atoms in total. The number of rotatable bonds is 4. The molecular weight excluding hydrogens is 326 g/mol.